The van der Waals surface area contributed by atoms with Crippen LogP contribution < -0.4 is 11.1 Å². The van der Waals surface area contributed by atoms with Crippen LogP contribution in [0.15, 0.2) is 24.3 Å². The van der Waals surface area contributed by atoms with E-state index in [1.807, 2.05) is 6.92 Å². The van der Waals surface area contributed by atoms with Gasteiger partial charge in [-0.15, -0.1) is 0 Å². The van der Waals surface area contributed by atoms with Gasteiger partial charge in [0.1, 0.15) is 0 Å². The maximum absolute atomic E-state index is 12.8. The van der Waals surface area contributed by atoms with Crippen molar-refractivity contribution in [3.63, 3.8) is 0 Å². The Morgan fingerprint density at radius 2 is 1.76 bits per heavy atom. The molecule has 21 heavy (non-hydrogen) atoms. The van der Waals surface area contributed by atoms with E-state index in [1.54, 1.807) is 0 Å². The first-order valence-electron chi connectivity index (χ1n) is 8.15. The topological polar surface area (TPSA) is 55.1 Å². The predicted octanol–water partition coefficient (Wildman–Crippen LogP) is 3.47. The molecule has 0 bridgehead atoms. The molecule has 1 aliphatic carbocycles. The monoisotopic (exact) mass is 288 g/mol. The minimum absolute atomic E-state index is 0.0322. The van der Waals surface area contributed by atoms with E-state index in [0.717, 1.165) is 31.2 Å². The number of amides is 1. The molecule has 3 nitrogen and oxygen atoms in total. The molecule has 0 unspecified atom stereocenters. The van der Waals surface area contributed by atoms with Crippen molar-refractivity contribution >= 4 is 5.91 Å². The Hall–Kier alpha value is -1.35. The number of hydrogen-bond acceptors (Lipinski definition) is 2. The minimum atomic E-state index is -0.352. The van der Waals surface area contributed by atoms with Gasteiger partial charge < -0.3 is 11.1 Å². The minimum Gasteiger partial charge on any atom is -0.349 e. The van der Waals surface area contributed by atoms with Gasteiger partial charge in [0.2, 0.25) is 5.91 Å². The highest BCUT2D eigenvalue weighted by Crippen LogP contribution is 2.35. The molecule has 0 heterocycles. The SMILES string of the molecule is Cc1ccc([C@H](C)NC(=O)C2(CN)CCCCCC2)cc1. The van der Waals surface area contributed by atoms with Gasteiger partial charge in [-0.25, -0.2) is 0 Å². The van der Waals surface area contributed by atoms with Crippen molar-refractivity contribution in [3.8, 4) is 0 Å². The highest BCUT2D eigenvalue weighted by molar-refractivity contribution is 5.83. The van der Waals surface area contributed by atoms with Gasteiger partial charge in [0.05, 0.1) is 11.5 Å². The molecule has 1 fully saturated rings. The zero-order valence-corrected chi connectivity index (χ0v) is 13.3. The molecule has 0 aromatic heterocycles. The molecule has 1 saturated carbocycles. The summed E-state index contributed by atoms with van der Waals surface area (Å²) in [6.07, 6.45) is 6.53. The molecule has 116 valence electrons. The van der Waals surface area contributed by atoms with Crippen LogP contribution in [0.2, 0.25) is 0 Å². The number of nitrogens with one attached hydrogen (secondary N) is 1. The number of carbonyl (C=O) groups is 1. The average Bonchev–Trinajstić information content (AvgIpc) is 2.74. The number of nitrogens with two attached hydrogens (primary N) is 1. The number of hydrogen-bond donors (Lipinski definition) is 2. The number of rotatable bonds is 4. The molecule has 0 spiro atoms. The first kappa shape index (κ1) is 16.0. The molecule has 2 rings (SSSR count). The second kappa shape index (κ2) is 7.08. The largest absolute Gasteiger partial charge is 0.349 e. The lowest BCUT2D eigenvalue weighted by atomic mass is 9.79. The van der Waals surface area contributed by atoms with Crippen molar-refractivity contribution in [2.45, 2.75) is 58.4 Å². The van der Waals surface area contributed by atoms with E-state index in [2.05, 4.69) is 36.5 Å². The first-order chi connectivity index (χ1) is 10.1. The van der Waals surface area contributed by atoms with Crippen LogP contribution in [0.25, 0.3) is 0 Å². The molecule has 3 N–H and O–H groups in total. The molecular weight excluding hydrogens is 260 g/mol. The highest BCUT2D eigenvalue weighted by Gasteiger charge is 2.37. The summed E-state index contributed by atoms with van der Waals surface area (Å²) >= 11 is 0. The van der Waals surface area contributed by atoms with Crippen LogP contribution in [0.5, 0.6) is 0 Å². The maximum atomic E-state index is 12.8. The van der Waals surface area contributed by atoms with Gasteiger partial charge >= 0.3 is 0 Å². The van der Waals surface area contributed by atoms with Crippen LogP contribution in [0.4, 0.5) is 0 Å². The molecule has 0 aliphatic heterocycles. The highest BCUT2D eigenvalue weighted by atomic mass is 16.2. The van der Waals surface area contributed by atoms with Gasteiger partial charge in [-0.2, -0.15) is 0 Å². The van der Waals surface area contributed by atoms with Crippen LogP contribution in [-0.4, -0.2) is 12.5 Å². The summed E-state index contributed by atoms with van der Waals surface area (Å²) in [4.78, 5) is 12.8. The molecule has 1 aromatic rings. The first-order valence-corrected chi connectivity index (χ1v) is 8.15. The normalized spacial score (nSPS) is 19.6. The fourth-order valence-corrected chi connectivity index (χ4v) is 3.22. The van der Waals surface area contributed by atoms with Crippen molar-refractivity contribution in [1.82, 2.24) is 5.32 Å². The zero-order chi connectivity index (χ0) is 15.3. The number of aryl methyl sites for hydroxylation is 1. The Kier molecular flexibility index (Phi) is 5.40. The Balaban J connectivity index is 2.06. The average molecular weight is 288 g/mol. The van der Waals surface area contributed by atoms with E-state index >= 15 is 0 Å². The lowest BCUT2D eigenvalue weighted by molar-refractivity contribution is -0.132. The lowest BCUT2D eigenvalue weighted by Gasteiger charge is -2.31. The quantitative estimate of drug-likeness (QED) is 0.833. The van der Waals surface area contributed by atoms with Gasteiger partial charge in [-0.1, -0.05) is 55.5 Å². The fraction of sp³-hybridized carbons (Fsp3) is 0.611. The Morgan fingerprint density at radius 3 is 2.29 bits per heavy atom. The smallest absolute Gasteiger partial charge is 0.227 e. The van der Waals surface area contributed by atoms with Crippen molar-refractivity contribution in [1.29, 1.82) is 0 Å². The van der Waals surface area contributed by atoms with E-state index in [4.69, 9.17) is 5.73 Å². The summed E-state index contributed by atoms with van der Waals surface area (Å²) in [6, 6.07) is 8.38. The molecular formula is C18H28N2O. The van der Waals surface area contributed by atoms with Crippen molar-refractivity contribution in [2.75, 3.05) is 6.54 Å². The molecule has 1 amide bonds. The summed E-state index contributed by atoms with van der Waals surface area (Å²) in [5.41, 5.74) is 8.01. The van der Waals surface area contributed by atoms with E-state index in [-0.39, 0.29) is 17.4 Å². The fourth-order valence-electron chi connectivity index (χ4n) is 3.22. The summed E-state index contributed by atoms with van der Waals surface area (Å²) in [5, 5.41) is 3.19. The van der Waals surface area contributed by atoms with E-state index < -0.39 is 0 Å². The zero-order valence-electron chi connectivity index (χ0n) is 13.3. The van der Waals surface area contributed by atoms with Crippen LogP contribution in [0, 0.1) is 12.3 Å². The van der Waals surface area contributed by atoms with Gasteiger partial charge in [-0.05, 0) is 32.3 Å². The number of carbonyl (C=O) groups excluding carboxylic acids is 1. The maximum Gasteiger partial charge on any atom is 0.227 e. The molecule has 0 saturated heterocycles. The van der Waals surface area contributed by atoms with Crippen molar-refractivity contribution in [3.05, 3.63) is 35.4 Å². The van der Waals surface area contributed by atoms with Crippen molar-refractivity contribution in [2.24, 2.45) is 11.1 Å². The van der Waals surface area contributed by atoms with Gasteiger partial charge in [0.15, 0.2) is 0 Å². The second-order valence-electron chi connectivity index (χ2n) is 6.50. The third-order valence-electron chi connectivity index (χ3n) is 4.86. The van der Waals surface area contributed by atoms with Gasteiger partial charge in [-0.3, -0.25) is 4.79 Å². The molecule has 1 aliphatic rings. The Labute approximate surface area is 128 Å². The van der Waals surface area contributed by atoms with Crippen LogP contribution in [-0.2, 0) is 4.79 Å². The second-order valence-corrected chi connectivity index (χ2v) is 6.50. The van der Waals surface area contributed by atoms with Gasteiger partial charge in [0.25, 0.3) is 0 Å². The van der Waals surface area contributed by atoms with Crippen LogP contribution >= 0.6 is 0 Å². The summed E-state index contributed by atoms with van der Waals surface area (Å²) in [5.74, 6) is 0.139. The third kappa shape index (κ3) is 3.85. The van der Waals surface area contributed by atoms with E-state index in [9.17, 15) is 4.79 Å². The van der Waals surface area contributed by atoms with Crippen LogP contribution in [0.3, 0.4) is 0 Å². The van der Waals surface area contributed by atoms with E-state index in [0.29, 0.717) is 6.54 Å². The molecule has 3 heteroatoms. The van der Waals surface area contributed by atoms with E-state index in [1.165, 1.54) is 18.4 Å². The molecule has 1 aromatic carbocycles. The van der Waals surface area contributed by atoms with Crippen LogP contribution in [0.1, 0.15) is 62.6 Å². The summed E-state index contributed by atoms with van der Waals surface area (Å²) in [6.45, 7) is 4.57. The van der Waals surface area contributed by atoms with Crippen molar-refractivity contribution < 1.29 is 4.79 Å². The third-order valence-corrected chi connectivity index (χ3v) is 4.86. The Bertz CT molecular complexity index is 459. The molecule has 0 radical (unpaired) electrons. The summed E-state index contributed by atoms with van der Waals surface area (Å²) in [7, 11) is 0. The number of benzene rings is 1. The lowest BCUT2D eigenvalue weighted by Crippen LogP contribution is -2.46. The molecule has 1 atom stereocenters. The standard InChI is InChI=1S/C18H28N2O/c1-14-7-9-16(10-8-14)15(2)20-17(21)18(13-19)11-5-3-4-6-12-18/h7-10,15H,3-6,11-13,19H2,1-2H3,(H,20,21)/t15-/m0/s1. The predicted molar refractivity (Wildman–Crippen MR) is 86.9 cm³/mol. The Morgan fingerprint density at radius 1 is 1.19 bits per heavy atom. The van der Waals surface area contributed by atoms with Gasteiger partial charge in [0, 0.05) is 6.54 Å². The summed E-state index contributed by atoms with van der Waals surface area (Å²) < 4.78 is 0.